The molecule has 5 nitrogen and oxygen atoms in total. The second-order valence-electron chi connectivity index (χ2n) is 6.65. The van der Waals surface area contributed by atoms with Crippen LogP contribution in [0.1, 0.15) is 57.8 Å². The fourth-order valence-electron chi connectivity index (χ4n) is 2.13. The molecule has 0 aliphatic heterocycles. The first-order valence-electron chi connectivity index (χ1n) is 8.06. The average molecular weight is 320 g/mol. The van der Waals surface area contributed by atoms with Crippen LogP contribution in [0.3, 0.4) is 0 Å². The number of aliphatic hydroxyl groups excluding tert-OH is 1. The van der Waals surface area contributed by atoms with Crippen molar-refractivity contribution in [3.8, 4) is 0 Å². The Hall–Kier alpha value is -1.88. The highest BCUT2D eigenvalue weighted by Crippen LogP contribution is 2.23. The molecule has 1 rings (SSSR count). The molecule has 0 aliphatic carbocycles. The first-order chi connectivity index (χ1) is 10.7. The van der Waals surface area contributed by atoms with Gasteiger partial charge in [0.15, 0.2) is 0 Å². The molecule has 2 amide bonds. The number of hydrogen-bond donors (Lipinski definition) is 3. The lowest BCUT2D eigenvalue weighted by atomic mass is 9.86. The third kappa shape index (κ3) is 6.82. The van der Waals surface area contributed by atoms with E-state index in [2.05, 4.69) is 31.4 Å². The highest BCUT2D eigenvalue weighted by Gasteiger charge is 2.15. The molecule has 1 atom stereocenters. The van der Waals surface area contributed by atoms with Crippen molar-refractivity contribution >= 4 is 11.8 Å². The standard InChI is InChI=1S/C18H28N2O3/c1-5-19-16(22)10-11-17(23)20-12-15(21)13-6-8-14(9-7-13)18(2,3)4/h6-9,15,21H,5,10-12H2,1-4H3,(H,19,22)(H,20,23). The van der Waals surface area contributed by atoms with Crippen LogP contribution < -0.4 is 10.6 Å². The summed E-state index contributed by atoms with van der Waals surface area (Å²) in [5, 5.41) is 15.4. The lowest BCUT2D eigenvalue weighted by molar-refractivity contribution is -0.126. The fourth-order valence-corrected chi connectivity index (χ4v) is 2.13. The Morgan fingerprint density at radius 1 is 1.04 bits per heavy atom. The third-order valence-electron chi connectivity index (χ3n) is 3.61. The lowest BCUT2D eigenvalue weighted by Crippen LogP contribution is -2.30. The molecule has 1 unspecified atom stereocenters. The van der Waals surface area contributed by atoms with Gasteiger partial charge in [-0.25, -0.2) is 0 Å². The molecule has 5 heteroatoms. The SMILES string of the molecule is CCNC(=O)CCC(=O)NCC(O)c1ccc(C(C)(C)C)cc1. The summed E-state index contributed by atoms with van der Waals surface area (Å²) in [5.41, 5.74) is 2.03. The van der Waals surface area contributed by atoms with Gasteiger partial charge >= 0.3 is 0 Å². The second-order valence-corrected chi connectivity index (χ2v) is 6.65. The van der Waals surface area contributed by atoms with Crippen molar-refractivity contribution in [3.05, 3.63) is 35.4 Å². The summed E-state index contributed by atoms with van der Waals surface area (Å²) >= 11 is 0. The van der Waals surface area contributed by atoms with Crippen LogP contribution in [0.25, 0.3) is 0 Å². The number of nitrogens with one attached hydrogen (secondary N) is 2. The van der Waals surface area contributed by atoms with Crippen molar-refractivity contribution in [3.63, 3.8) is 0 Å². The number of amides is 2. The van der Waals surface area contributed by atoms with E-state index in [1.54, 1.807) is 0 Å². The molecule has 1 aromatic rings. The lowest BCUT2D eigenvalue weighted by Gasteiger charge is -2.20. The Labute approximate surface area is 138 Å². The van der Waals surface area contributed by atoms with Crippen LogP contribution >= 0.6 is 0 Å². The molecule has 128 valence electrons. The number of carbonyl (C=O) groups excluding carboxylic acids is 2. The molecule has 0 heterocycles. The zero-order valence-electron chi connectivity index (χ0n) is 14.5. The summed E-state index contributed by atoms with van der Waals surface area (Å²) in [4.78, 5) is 23.0. The van der Waals surface area contributed by atoms with Crippen LogP contribution in [0.15, 0.2) is 24.3 Å². The van der Waals surface area contributed by atoms with Gasteiger partial charge in [0.2, 0.25) is 11.8 Å². The summed E-state index contributed by atoms with van der Waals surface area (Å²) in [6.07, 6.45) is -0.463. The van der Waals surface area contributed by atoms with Gasteiger partial charge in [-0.15, -0.1) is 0 Å². The third-order valence-corrected chi connectivity index (χ3v) is 3.61. The first kappa shape index (κ1) is 19.2. The van der Waals surface area contributed by atoms with E-state index in [0.29, 0.717) is 6.54 Å². The molecular formula is C18H28N2O3. The molecule has 0 saturated carbocycles. The molecule has 3 N–H and O–H groups in total. The largest absolute Gasteiger partial charge is 0.387 e. The Morgan fingerprint density at radius 3 is 2.04 bits per heavy atom. The zero-order valence-corrected chi connectivity index (χ0v) is 14.5. The number of aliphatic hydroxyl groups is 1. The molecule has 1 aromatic carbocycles. The molecule has 0 saturated heterocycles. The molecule has 0 aromatic heterocycles. The van der Waals surface area contributed by atoms with Crippen LogP contribution in [-0.2, 0) is 15.0 Å². The predicted octanol–water partition coefficient (Wildman–Crippen LogP) is 2.05. The number of carbonyl (C=O) groups is 2. The maximum Gasteiger partial charge on any atom is 0.220 e. The van der Waals surface area contributed by atoms with Crippen LogP contribution in [0, 0.1) is 0 Å². The van der Waals surface area contributed by atoms with E-state index in [4.69, 9.17) is 0 Å². The number of hydrogen-bond acceptors (Lipinski definition) is 3. The van der Waals surface area contributed by atoms with E-state index in [1.165, 1.54) is 5.56 Å². The Bertz CT molecular complexity index is 518. The molecule has 0 fully saturated rings. The zero-order chi connectivity index (χ0) is 17.5. The Morgan fingerprint density at radius 2 is 1.57 bits per heavy atom. The normalized spacial score (nSPS) is 12.6. The minimum absolute atomic E-state index is 0.0662. The molecule has 0 radical (unpaired) electrons. The van der Waals surface area contributed by atoms with Crippen molar-refractivity contribution in [1.29, 1.82) is 0 Å². The number of benzene rings is 1. The smallest absolute Gasteiger partial charge is 0.220 e. The van der Waals surface area contributed by atoms with E-state index in [9.17, 15) is 14.7 Å². The highest BCUT2D eigenvalue weighted by molar-refractivity contribution is 5.83. The van der Waals surface area contributed by atoms with E-state index in [1.807, 2.05) is 31.2 Å². The summed E-state index contributed by atoms with van der Waals surface area (Å²) in [6, 6.07) is 7.75. The Balaban J connectivity index is 2.43. The van der Waals surface area contributed by atoms with E-state index >= 15 is 0 Å². The van der Waals surface area contributed by atoms with E-state index < -0.39 is 6.10 Å². The van der Waals surface area contributed by atoms with Crippen molar-refractivity contribution in [2.45, 2.75) is 52.1 Å². The van der Waals surface area contributed by atoms with Gasteiger partial charge in [-0.05, 0) is 23.5 Å². The van der Waals surface area contributed by atoms with Gasteiger partial charge in [-0.1, -0.05) is 45.0 Å². The van der Waals surface area contributed by atoms with E-state index in [-0.39, 0.29) is 36.6 Å². The monoisotopic (exact) mass is 320 g/mol. The van der Waals surface area contributed by atoms with Gasteiger partial charge in [-0.2, -0.15) is 0 Å². The second kappa shape index (κ2) is 8.67. The maximum atomic E-state index is 11.7. The van der Waals surface area contributed by atoms with Gasteiger partial charge < -0.3 is 15.7 Å². The van der Waals surface area contributed by atoms with Crippen molar-refractivity contribution in [2.24, 2.45) is 0 Å². The van der Waals surface area contributed by atoms with Crippen molar-refractivity contribution in [2.75, 3.05) is 13.1 Å². The van der Waals surface area contributed by atoms with Gasteiger partial charge in [0.1, 0.15) is 0 Å². The van der Waals surface area contributed by atoms with Crippen molar-refractivity contribution in [1.82, 2.24) is 10.6 Å². The molecule has 0 aliphatic rings. The summed E-state index contributed by atoms with van der Waals surface area (Å²) < 4.78 is 0. The minimum atomic E-state index is -0.752. The fraction of sp³-hybridized carbons (Fsp3) is 0.556. The summed E-state index contributed by atoms with van der Waals surface area (Å²) in [5.74, 6) is -0.373. The predicted molar refractivity (Wildman–Crippen MR) is 91.0 cm³/mol. The molecule has 0 bridgehead atoms. The van der Waals surface area contributed by atoms with Crippen LogP contribution in [0.4, 0.5) is 0 Å². The van der Waals surface area contributed by atoms with Gasteiger partial charge in [0, 0.05) is 25.9 Å². The van der Waals surface area contributed by atoms with Gasteiger partial charge in [-0.3, -0.25) is 9.59 Å². The molecule has 23 heavy (non-hydrogen) atoms. The maximum absolute atomic E-state index is 11.7. The molecular weight excluding hydrogens is 292 g/mol. The van der Waals surface area contributed by atoms with E-state index in [0.717, 1.165) is 5.56 Å². The van der Waals surface area contributed by atoms with Gasteiger partial charge in [0.25, 0.3) is 0 Å². The first-order valence-corrected chi connectivity index (χ1v) is 8.06. The number of rotatable bonds is 7. The quantitative estimate of drug-likeness (QED) is 0.719. The highest BCUT2D eigenvalue weighted by atomic mass is 16.3. The van der Waals surface area contributed by atoms with Crippen molar-refractivity contribution < 1.29 is 14.7 Å². The van der Waals surface area contributed by atoms with Crippen LogP contribution in [0.5, 0.6) is 0 Å². The topological polar surface area (TPSA) is 78.4 Å². The minimum Gasteiger partial charge on any atom is -0.387 e. The average Bonchev–Trinajstić information content (AvgIpc) is 2.50. The van der Waals surface area contributed by atoms with Crippen LogP contribution in [0.2, 0.25) is 0 Å². The Kier molecular flexibility index (Phi) is 7.23. The van der Waals surface area contributed by atoms with Gasteiger partial charge in [0.05, 0.1) is 6.10 Å². The molecule has 0 spiro atoms. The summed E-state index contributed by atoms with van der Waals surface area (Å²) in [7, 11) is 0. The summed E-state index contributed by atoms with van der Waals surface area (Å²) in [6.45, 7) is 8.93. The van der Waals surface area contributed by atoms with Crippen LogP contribution in [-0.4, -0.2) is 30.0 Å².